The molecule has 0 aliphatic rings. The molecular weight excluding hydrogens is 292 g/mol. The van der Waals surface area contributed by atoms with Crippen LogP contribution in [0, 0.1) is 0 Å². The van der Waals surface area contributed by atoms with Gasteiger partial charge in [0.15, 0.2) is 5.89 Å². The third kappa shape index (κ3) is 3.68. The third-order valence-corrected chi connectivity index (χ3v) is 3.53. The molecule has 0 aliphatic heterocycles. The Bertz CT molecular complexity index is 496. The van der Waals surface area contributed by atoms with Crippen LogP contribution in [0.4, 0.5) is 0 Å². The molecule has 0 spiro atoms. The second-order valence-electron chi connectivity index (χ2n) is 4.21. The van der Waals surface area contributed by atoms with Crippen LogP contribution < -0.4 is 5.32 Å². The van der Waals surface area contributed by atoms with E-state index in [1.807, 2.05) is 25.2 Å². The number of nitrogens with one attached hydrogen (secondary N) is 1. The molecule has 96 valence electrons. The molecule has 0 amide bonds. The van der Waals surface area contributed by atoms with Crippen LogP contribution in [-0.2, 0) is 12.8 Å². The van der Waals surface area contributed by atoms with Crippen molar-refractivity contribution in [2.24, 2.45) is 0 Å². The average molecular weight is 309 g/mol. The number of hydrogen-bond donors (Lipinski definition) is 1. The van der Waals surface area contributed by atoms with Gasteiger partial charge in [0.25, 0.3) is 0 Å². The number of rotatable bonds is 6. The van der Waals surface area contributed by atoms with E-state index in [4.69, 9.17) is 4.42 Å². The molecule has 0 unspecified atom stereocenters. The first kappa shape index (κ1) is 13.3. The van der Waals surface area contributed by atoms with Crippen molar-refractivity contribution >= 4 is 15.9 Å². The van der Waals surface area contributed by atoms with Crippen molar-refractivity contribution in [2.45, 2.75) is 19.3 Å². The molecule has 0 radical (unpaired) electrons. The molecule has 1 N–H and O–H groups in total. The predicted molar refractivity (Wildman–Crippen MR) is 75.7 cm³/mol. The molecule has 1 heterocycles. The van der Waals surface area contributed by atoms with Gasteiger partial charge in [-0.15, -0.1) is 0 Å². The number of aromatic nitrogens is 1. The first-order valence-electron chi connectivity index (χ1n) is 6.11. The average Bonchev–Trinajstić information content (AvgIpc) is 2.80. The van der Waals surface area contributed by atoms with Crippen LogP contribution in [0.3, 0.4) is 0 Å². The molecule has 0 saturated heterocycles. The molecule has 0 atom stereocenters. The summed E-state index contributed by atoms with van der Waals surface area (Å²) in [7, 11) is 1.96. The summed E-state index contributed by atoms with van der Waals surface area (Å²) in [5.41, 5.74) is 2.23. The van der Waals surface area contributed by atoms with Gasteiger partial charge in [-0.3, -0.25) is 0 Å². The lowest BCUT2D eigenvalue weighted by Gasteiger charge is -2.00. The van der Waals surface area contributed by atoms with Gasteiger partial charge in [0.05, 0.1) is 12.1 Å². The summed E-state index contributed by atoms with van der Waals surface area (Å²) in [6, 6.07) is 8.14. The lowest BCUT2D eigenvalue weighted by molar-refractivity contribution is 0.506. The van der Waals surface area contributed by atoms with Gasteiger partial charge in [-0.2, -0.15) is 0 Å². The minimum atomic E-state index is 0.730. The summed E-state index contributed by atoms with van der Waals surface area (Å²) >= 11 is 3.53. The Morgan fingerprint density at radius 1 is 1.33 bits per heavy atom. The fraction of sp³-hybridized carbons (Fsp3) is 0.357. The Kier molecular flexibility index (Phi) is 4.96. The van der Waals surface area contributed by atoms with Crippen molar-refractivity contribution in [1.29, 1.82) is 0 Å². The van der Waals surface area contributed by atoms with E-state index in [2.05, 4.69) is 32.3 Å². The normalized spacial score (nSPS) is 10.8. The van der Waals surface area contributed by atoms with E-state index in [-0.39, 0.29) is 0 Å². The Morgan fingerprint density at radius 2 is 2.17 bits per heavy atom. The zero-order chi connectivity index (χ0) is 12.8. The number of oxazole rings is 1. The van der Waals surface area contributed by atoms with Crippen LogP contribution in [0.2, 0.25) is 0 Å². The molecule has 4 heteroatoms. The number of nitrogens with zero attached hydrogens (tertiary/aromatic N) is 1. The maximum atomic E-state index is 5.50. The van der Waals surface area contributed by atoms with Crippen LogP contribution in [0.5, 0.6) is 0 Å². The van der Waals surface area contributed by atoms with Crippen molar-refractivity contribution in [3.63, 3.8) is 0 Å². The molecule has 0 bridgehead atoms. The maximum absolute atomic E-state index is 5.50. The standard InChI is InChI=1S/C14H17BrN2O/c1-16-8-4-6-12-10-18-14(17-12)9-11-5-2-3-7-13(11)15/h2-3,5,7,10,16H,4,6,8-9H2,1H3. The van der Waals surface area contributed by atoms with E-state index >= 15 is 0 Å². The highest BCUT2D eigenvalue weighted by molar-refractivity contribution is 9.10. The van der Waals surface area contributed by atoms with Crippen molar-refractivity contribution in [3.8, 4) is 0 Å². The van der Waals surface area contributed by atoms with Gasteiger partial charge in [0.1, 0.15) is 6.26 Å². The van der Waals surface area contributed by atoms with Gasteiger partial charge in [0, 0.05) is 4.47 Å². The van der Waals surface area contributed by atoms with Gasteiger partial charge in [-0.05, 0) is 38.1 Å². The van der Waals surface area contributed by atoms with E-state index in [0.29, 0.717) is 0 Å². The minimum Gasteiger partial charge on any atom is -0.448 e. The first-order valence-corrected chi connectivity index (χ1v) is 6.90. The van der Waals surface area contributed by atoms with Gasteiger partial charge in [-0.25, -0.2) is 4.98 Å². The summed E-state index contributed by atoms with van der Waals surface area (Å²) in [5.74, 6) is 0.779. The lowest BCUT2D eigenvalue weighted by atomic mass is 10.1. The molecule has 2 rings (SSSR count). The zero-order valence-corrected chi connectivity index (χ0v) is 12.0. The second-order valence-corrected chi connectivity index (χ2v) is 5.06. The molecule has 1 aromatic heterocycles. The smallest absolute Gasteiger partial charge is 0.198 e. The van der Waals surface area contributed by atoms with Crippen LogP contribution in [0.1, 0.15) is 23.6 Å². The fourth-order valence-corrected chi connectivity index (χ4v) is 2.22. The first-order chi connectivity index (χ1) is 8.79. The molecule has 2 aromatic rings. The molecule has 3 nitrogen and oxygen atoms in total. The number of benzene rings is 1. The molecular formula is C14H17BrN2O. The van der Waals surface area contributed by atoms with Crippen LogP contribution in [0.15, 0.2) is 39.4 Å². The molecule has 0 saturated carbocycles. The summed E-state index contributed by atoms with van der Waals surface area (Å²) in [6.07, 6.45) is 4.53. The quantitative estimate of drug-likeness (QED) is 0.833. The maximum Gasteiger partial charge on any atom is 0.198 e. The predicted octanol–water partition coefficient (Wildman–Crippen LogP) is 3.18. The van der Waals surface area contributed by atoms with Gasteiger partial charge in [0.2, 0.25) is 0 Å². The van der Waals surface area contributed by atoms with Crippen LogP contribution >= 0.6 is 15.9 Å². The van der Waals surface area contributed by atoms with Crippen molar-refractivity contribution in [2.75, 3.05) is 13.6 Å². The zero-order valence-electron chi connectivity index (χ0n) is 10.4. The number of halogens is 1. The third-order valence-electron chi connectivity index (χ3n) is 2.76. The highest BCUT2D eigenvalue weighted by Crippen LogP contribution is 2.19. The number of aryl methyl sites for hydroxylation is 1. The van der Waals surface area contributed by atoms with Gasteiger partial charge < -0.3 is 9.73 Å². The van der Waals surface area contributed by atoms with Gasteiger partial charge in [-0.1, -0.05) is 34.1 Å². The molecule has 0 aliphatic carbocycles. The second kappa shape index (κ2) is 6.71. The highest BCUT2D eigenvalue weighted by atomic mass is 79.9. The topological polar surface area (TPSA) is 38.1 Å². The van der Waals surface area contributed by atoms with Crippen LogP contribution in [0.25, 0.3) is 0 Å². The summed E-state index contributed by atoms with van der Waals surface area (Å²) in [5, 5.41) is 3.13. The van der Waals surface area contributed by atoms with Gasteiger partial charge >= 0.3 is 0 Å². The molecule has 0 fully saturated rings. The van der Waals surface area contributed by atoms with E-state index in [9.17, 15) is 0 Å². The highest BCUT2D eigenvalue weighted by Gasteiger charge is 2.07. The van der Waals surface area contributed by atoms with Crippen molar-refractivity contribution in [3.05, 3.63) is 52.1 Å². The number of hydrogen-bond acceptors (Lipinski definition) is 3. The molecule has 1 aromatic carbocycles. The SMILES string of the molecule is CNCCCc1coc(Cc2ccccc2Br)n1. The van der Waals surface area contributed by atoms with E-state index < -0.39 is 0 Å². The largest absolute Gasteiger partial charge is 0.448 e. The lowest BCUT2D eigenvalue weighted by Crippen LogP contribution is -2.08. The Labute approximate surface area is 116 Å². The summed E-state index contributed by atoms with van der Waals surface area (Å²) in [6.45, 7) is 1.01. The van der Waals surface area contributed by atoms with Crippen LogP contribution in [-0.4, -0.2) is 18.6 Å². The summed E-state index contributed by atoms with van der Waals surface area (Å²) in [4.78, 5) is 4.50. The monoisotopic (exact) mass is 308 g/mol. The Hall–Kier alpha value is -1.13. The fourth-order valence-electron chi connectivity index (χ4n) is 1.80. The Morgan fingerprint density at radius 3 is 2.94 bits per heavy atom. The van der Waals surface area contributed by atoms with E-state index in [1.54, 1.807) is 6.26 Å². The summed E-state index contributed by atoms with van der Waals surface area (Å²) < 4.78 is 6.60. The van der Waals surface area contributed by atoms with E-state index in [1.165, 1.54) is 5.56 Å². The Balaban J connectivity index is 1.96. The molecule has 18 heavy (non-hydrogen) atoms. The van der Waals surface area contributed by atoms with E-state index in [0.717, 1.165) is 41.9 Å². The van der Waals surface area contributed by atoms with Crippen molar-refractivity contribution < 1.29 is 4.42 Å². The minimum absolute atomic E-state index is 0.730. The van der Waals surface area contributed by atoms with Crippen molar-refractivity contribution in [1.82, 2.24) is 10.3 Å².